The Morgan fingerprint density at radius 1 is 1.32 bits per heavy atom. The number of hydrogen-bond acceptors (Lipinski definition) is 4. The van der Waals surface area contributed by atoms with Gasteiger partial charge in [-0.05, 0) is 51.5 Å². The fourth-order valence-corrected chi connectivity index (χ4v) is 2.13. The Balaban J connectivity index is 2.16. The molecule has 2 aromatic rings. The standard InChI is InChI=1S/C14H18BrN3O/c1-9-7-10(15)5-6-11(9)13-17-12(19-18-13)8-16-14(2,3)4/h5-7,16H,8H2,1-4H3. The molecule has 0 atom stereocenters. The number of halogens is 1. The van der Waals surface area contributed by atoms with Crippen LogP contribution in [0.4, 0.5) is 0 Å². The van der Waals surface area contributed by atoms with Crippen molar-refractivity contribution in [1.82, 2.24) is 15.5 Å². The highest BCUT2D eigenvalue weighted by Gasteiger charge is 2.14. The minimum Gasteiger partial charge on any atom is -0.338 e. The van der Waals surface area contributed by atoms with E-state index in [0.717, 1.165) is 15.6 Å². The Bertz CT molecular complexity index is 572. The molecule has 4 nitrogen and oxygen atoms in total. The van der Waals surface area contributed by atoms with Gasteiger partial charge in [-0.1, -0.05) is 21.1 Å². The molecule has 0 aliphatic heterocycles. The molecule has 0 amide bonds. The summed E-state index contributed by atoms with van der Waals surface area (Å²) in [6, 6.07) is 6.01. The zero-order chi connectivity index (χ0) is 14.0. The second kappa shape index (κ2) is 5.43. The molecular formula is C14H18BrN3O. The van der Waals surface area contributed by atoms with Crippen LogP contribution in [0, 0.1) is 6.92 Å². The quantitative estimate of drug-likeness (QED) is 0.935. The summed E-state index contributed by atoms with van der Waals surface area (Å²) in [6.45, 7) is 8.91. The number of nitrogens with one attached hydrogen (secondary N) is 1. The number of hydrogen-bond donors (Lipinski definition) is 1. The fourth-order valence-electron chi connectivity index (χ4n) is 1.65. The van der Waals surface area contributed by atoms with E-state index in [9.17, 15) is 0 Å². The number of aryl methyl sites for hydroxylation is 1. The average molecular weight is 324 g/mol. The molecule has 0 fully saturated rings. The summed E-state index contributed by atoms with van der Waals surface area (Å²) in [7, 11) is 0. The van der Waals surface area contributed by atoms with Crippen molar-refractivity contribution in [3.63, 3.8) is 0 Å². The molecule has 1 aromatic carbocycles. The molecule has 0 aliphatic rings. The Hall–Kier alpha value is -1.20. The molecule has 1 N–H and O–H groups in total. The molecule has 0 spiro atoms. The first-order valence-electron chi connectivity index (χ1n) is 6.19. The topological polar surface area (TPSA) is 51.0 Å². The summed E-state index contributed by atoms with van der Waals surface area (Å²) >= 11 is 3.45. The minimum absolute atomic E-state index is 0.0299. The average Bonchev–Trinajstić information content (AvgIpc) is 2.74. The van der Waals surface area contributed by atoms with Gasteiger partial charge in [-0.15, -0.1) is 0 Å². The van der Waals surface area contributed by atoms with Gasteiger partial charge in [-0.2, -0.15) is 4.98 Å². The maximum atomic E-state index is 5.26. The van der Waals surface area contributed by atoms with E-state index in [2.05, 4.69) is 52.2 Å². The van der Waals surface area contributed by atoms with Crippen LogP contribution in [0.15, 0.2) is 27.2 Å². The van der Waals surface area contributed by atoms with Crippen molar-refractivity contribution < 1.29 is 4.52 Å². The maximum absolute atomic E-state index is 5.26. The Kier molecular flexibility index (Phi) is 4.06. The number of aromatic nitrogens is 2. The van der Waals surface area contributed by atoms with Crippen molar-refractivity contribution in [1.29, 1.82) is 0 Å². The first kappa shape index (κ1) is 14.2. The van der Waals surface area contributed by atoms with Crippen LogP contribution >= 0.6 is 15.9 Å². The third-order valence-electron chi connectivity index (χ3n) is 2.67. The molecule has 0 unspecified atom stereocenters. The summed E-state index contributed by atoms with van der Waals surface area (Å²) < 4.78 is 6.31. The minimum atomic E-state index is 0.0299. The van der Waals surface area contributed by atoms with Crippen molar-refractivity contribution in [2.75, 3.05) is 0 Å². The van der Waals surface area contributed by atoms with E-state index in [1.165, 1.54) is 0 Å². The molecule has 0 saturated heterocycles. The largest absolute Gasteiger partial charge is 0.338 e. The van der Waals surface area contributed by atoms with Gasteiger partial charge in [0, 0.05) is 15.6 Å². The highest BCUT2D eigenvalue weighted by Crippen LogP contribution is 2.23. The molecule has 19 heavy (non-hydrogen) atoms. The molecule has 0 saturated carbocycles. The van der Waals surface area contributed by atoms with Crippen LogP contribution in [0.5, 0.6) is 0 Å². The van der Waals surface area contributed by atoms with E-state index >= 15 is 0 Å². The SMILES string of the molecule is Cc1cc(Br)ccc1-c1noc(CNC(C)(C)C)n1. The van der Waals surface area contributed by atoms with Crippen molar-refractivity contribution in [2.24, 2.45) is 0 Å². The zero-order valence-corrected chi connectivity index (χ0v) is 13.2. The van der Waals surface area contributed by atoms with Crippen LogP contribution in [0.3, 0.4) is 0 Å². The molecule has 2 rings (SSSR count). The van der Waals surface area contributed by atoms with Gasteiger partial charge in [0.25, 0.3) is 0 Å². The van der Waals surface area contributed by atoms with Crippen molar-refractivity contribution in [3.05, 3.63) is 34.1 Å². The monoisotopic (exact) mass is 323 g/mol. The summed E-state index contributed by atoms with van der Waals surface area (Å²) in [6.07, 6.45) is 0. The van der Waals surface area contributed by atoms with Crippen LogP contribution in [0.25, 0.3) is 11.4 Å². The molecule has 0 radical (unpaired) electrons. The Morgan fingerprint density at radius 2 is 2.05 bits per heavy atom. The molecule has 0 aliphatic carbocycles. The van der Waals surface area contributed by atoms with Gasteiger partial charge >= 0.3 is 0 Å². The molecular weight excluding hydrogens is 306 g/mol. The van der Waals surface area contributed by atoms with E-state index < -0.39 is 0 Å². The zero-order valence-electron chi connectivity index (χ0n) is 11.6. The van der Waals surface area contributed by atoms with E-state index in [-0.39, 0.29) is 5.54 Å². The molecule has 1 heterocycles. The predicted octanol–water partition coefficient (Wildman–Crippen LogP) is 3.70. The lowest BCUT2D eigenvalue weighted by Gasteiger charge is -2.18. The summed E-state index contributed by atoms with van der Waals surface area (Å²) in [5.41, 5.74) is 2.14. The summed E-state index contributed by atoms with van der Waals surface area (Å²) in [5, 5.41) is 7.36. The van der Waals surface area contributed by atoms with Crippen molar-refractivity contribution in [3.8, 4) is 11.4 Å². The molecule has 5 heteroatoms. The molecule has 1 aromatic heterocycles. The summed E-state index contributed by atoms with van der Waals surface area (Å²) in [5.74, 6) is 1.24. The second-order valence-electron chi connectivity index (χ2n) is 5.57. The lowest BCUT2D eigenvalue weighted by molar-refractivity contribution is 0.336. The highest BCUT2D eigenvalue weighted by molar-refractivity contribution is 9.10. The van der Waals surface area contributed by atoms with Gasteiger partial charge < -0.3 is 9.84 Å². The van der Waals surface area contributed by atoms with Gasteiger partial charge in [0.1, 0.15) is 0 Å². The van der Waals surface area contributed by atoms with E-state index in [0.29, 0.717) is 18.3 Å². The van der Waals surface area contributed by atoms with E-state index in [1.807, 2.05) is 25.1 Å². The summed E-state index contributed by atoms with van der Waals surface area (Å²) in [4.78, 5) is 4.42. The van der Waals surface area contributed by atoms with Crippen molar-refractivity contribution >= 4 is 15.9 Å². The molecule has 0 bridgehead atoms. The van der Waals surface area contributed by atoms with Gasteiger partial charge in [0.2, 0.25) is 11.7 Å². The number of rotatable bonds is 3. The van der Waals surface area contributed by atoms with Gasteiger partial charge in [-0.25, -0.2) is 0 Å². The van der Waals surface area contributed by atoms with Crippen molar-refractivity contribution in [2.45, 2.75) is 39.8 Å². The van der Waals surface area contributed by atoms with Crippen LogP contribution in [-0.2, 0) is 6.54 Å². The third-order valence-corrected chi connectivity index (χ3v) is 3.16. The lowest BCUT2D eigenvalue weighted by atomic mass is 10.1. The fraction of sp³-hybridized carbons (Fsp3) is 0.429. The normalized spacial score (nSPS) is 11.8. The Morgan fingerprint density at radius 3 is 2.68 bits per heavy atom. The van der Waals surface area contributed by atoms with Crippen LogP contribution < -0.4 is 5.32 Å². The van der Waals surface area contributed by atoms with Gasteiger partial charge in [-0.3, -0.25) is 0 Å². The number of benzene rings is 1. The van der Waals surface area contributed by atoms with Crippen LogP contribution in [0.2, 0.25) is 0 Å². The van der Waals surface area contributed by atoms with Crippen LogP contribution in [0.1, 0.15) is 32.2 Å². The maximum Gasteiger partial charge on any atom is 0.240 e. The second-order valence-corrected chi connectivity index (χ2v) is 6.49. The first-order chi connectivity index (χ1) is 8.85. The number of nitrogens with zero attached hydrogens (tertiary/aromatic N) is 2. The predicted molar refractivity (Wildman–Crippen MR) is 78.8 cm³/mol. The van der Waals surface area contributed by atoms with Crippen LogP contribution in [-0.4, -0.2) is 15.7 Å². The highest BCUT2D eigenvalue weighted by atomic mass is 79.9. The smallest absolute Gasteiger partial charge is 0.240 e. The van der Waals surface area contributed by atoms with Gasteiger partial charge in [0.05, 0.1) is 6.54 Å². The third kappa shape index (κ3) is 3.88. The molecule has 102 valence electrons. The van der Waals surface area contributed by atoms with Gasteiger partial charge in [0.15, 0.2) is 0 Å². The first-order valence-corrected chi connectivity index (χ1v) is 6.98. The lowest BCUT2D eigenvalue weighted by Crippen LogP contribution is -2.35. The van der Waals surface area contributed by atoms with E-state index in [4.69, 9.17) is 4.52 Å². The Labute approximate surface area is 121 Å². The van der Waals surface area contributed by atoms with E-state index in [1.54, 1.807) is 0 Å².